The molecule has 27 heavy (non-hydrogen) atoms. The molecule has 0 bridgehead atoms. The Morgan fingerprint density at radius 2 is 1.93 bits per heavy atom. The van der Waals surface area contributed by atoms with Gasteiger partial charge in [0.1, 0.15) is 12.4 Å². The van der Waals surface area contributed by atoms with Crippen LogP contribution in [-0.4, -0.2) is 65.9 Å². The molecule has 6 heteroatoms. The molecule has 1 heterocycles. The Bertz CT molecular complexity index is 656. The summed E-state index contributed by atoms with van der Waals surface area (Å²) in [5, 5.41) is 13.2. The van der Waals surface area contributed by atoms with E-state index < -0.39 is 0 Å². The second-order valence-electron chi connectivity index (χ2n) is 7.61. The minimum atomic E-state index is -0.225. The topological polar surface area (TPSA) is 65.0 Å². The molecule has 0 unspecified atom stereocenters. The maximum atomic E-state index is 12.7. The number of carbonyl (C=O) groups excluding carboxylic acids is 1. The van der Waals surface area contributed by atoms with Crippen molar-refractivity contribution in [2.24, 2.45) is 0 Å². The number of aliphatic hydroxyl groups is 1. The molecule has 1 aromatic rings. The SMILES string of the molecule is C=C(C)COc1ccccc1NC(=O)N1CCN([C@@H]2CCCC[C@H]2O)CC1. The second kappa shape index (κ2) is 9.24. The predicted molar refractivity (Wildman–Crippen MR) is 107 cm³/mol. The highest BCUT2D eigenvalue weighted by Gasteiger charge is 2.32. The number of piperazine rings is 1. The number of aliphatic hydroxyl groups excluding tert-OH is 1. The maximum absolute atomic E-state index is 12.7. The predicted octanol–water partition coefficient (Wildman–Crippen LogP) is 3.09. The average molecular weight is 373 g/mol. The van der Waals surface area contributed by atoms with Crippen LogP contribution in [-0.2, 0) is 0 Å². The number of nitrogens with one attached hydrogen (secondary N) is 1. The minimum absolute atomic E-state index is 0.106. The summed E-state index contributed by atoms with van der Waals surface area (Å²) in [6.07, 6.45) is 4.03. The minimum Gasteiger partial charge on any atom is -0.487 e. The van der Waals surface area contributed by atoms with Crippen LogP contribution >= 0.6 is 0 Å². The van der Waals surface area contributed by atoms with Crippen LogP contribution in [0, 0.1) is 0 Å². The van der Waals surface area contributed by atoms with Crippen molar-refractivity contribution in [2.45, 2.75) is 44.8 Å². The van der Waals surface area contributed by atoms with E-state index >= 15 is 0 Å². The van der Waals surface area contributed by atoms with Crippen molar-refractivity contribution < 1.29 is 14.6 Å². The van der Waals surface area contributed by atoms with Crippen LogP contribution in [0.1, 0.15) is 32.6 Å². The molecule has 2 fully saturated rings. The normalized spacial score (nSPS) is 23.7. The molecule has 0 radical (unpaired) electrons. The van der Waals surface area contributed by atoms with E-state index in [1.807, 2.05) is 36.1 Å². The van der Waals surface area contributed by atoms with Gasteiger partial charge in [-0.2, -0.15) is 0 Å². The zero-order valence-corrected chi connectivity index (χ0v) is 16.2. The van der Waals surface area contributed by atoms with Crippen molar-refractivity contribution in [3.8, 4) is 5.75 Å². The van der Waals surface area contributed by atoms with Crippen molar-refractivity contribution in [2.75, 3.05) is 38.1 Å². The number of rotatable bonds is 5. The number of hydrogen-bond donors (Lipinski definition) is 2. The monoisotopic (exact) mass is 373 g/mol. The van der Waals surface area contributed by atoms with Gasteiger partial charge in [-0.1, -0.05) is 31.6 Å². The highest BCUT2D eigenvalue weighted by atomic mass is 16.5. The molecule has 2 N–H and O–H groups in total. The average Bonchev–Trinajstić information content (AvgIpc) is 2.68. The first-order valence-electron chi connectivity index (χ1n) is 9.89. The molecule has 6 nitrogen and oxygen atoms in total. The number of amides is 2. The molecule has 1 aliphatic heterocycles. The molecule has 0 spiro atoms. The van der Waals surface area contributed by atoms with Gasteiger partial charge in [0.15, 0.2) is 0 Å². The standard InChI is InChI=1S/C21H31N3O3/c1-16(2)15-27-20-10-6-3-7-17(20)22-21(26)24-13-11-23(12-14-24)18-8-4-5-9-19(18)25/h3,6-7,10,18-19,25H,1,4-5,8-9,11-15H2,2H3,(H,22,26)/t18-,19-/m1/s1. The van der Waals surface area contributed by atoms with E-state index in [0.717, 1.165) is 37.9 Å². The van der Waals surface area contributed by atoms with Gasteiger partial charge in [-0.3, -0.25) is 4.90 Å². The molecule has 2 atom stereocenters. The van der Waals surface area contributed by atoms with Crippen LogP contribution in [0.15, 0.2) is 36.4 Å². The van der Waals surface area contributed by atoms with Gasteiger partial charge in [0.2, 0.25) is 0 Å². The molecule has 1 aromatic carbocycles. The largest absolute Gasteiger partial charge is 0.487 e. The van der Waals surface area contributed by atoms with E-state index in [2.05, 4.69) is 16.8 Å². The fourth-order valence-corrected chi connectivity index (χ4v) is 3.87. The summed E-state index contributed by atoms with van der Waals surface area (Å²) in [5.41, 5.74) is 1.60. The van der Waals surface area contributed by atoms with Crippen LogP contribution in [0.2, 0.25) is 0 Å². The van der Waals surface area contributed by atoms with Crippen molar-refractivity contribution in [3.63, 3.8) is 0 Å². The van der Waals surface area contributed by atoms with Crippen molar-refractivity contribution >= 4 is 11.7 Å². The summed E-state index contributed by atoms with van der Waals surface area (Å²) in [5.74, 6) is 0.651. The molecule has 2 aliphatic rings. The Balaban J connectivity index is 1.53. The zero-order chi connectivity index (χ0) is 19.2. The number of anilines is 1. The van der Waals surface area contributed by atoms with Gasteiger partial charge in [0, 0.05) is 32.2 Å². The van der Waals surface area contributed by atoms with Crippen LogP contribution in [0.25, 0.3) is 0 Å². The first-order chi connectivity index (χ1) is 13.0. The van der Waals surface area contributed by atoms with Crippen molar-refractivity contribution in [1.82, 2.24) is 9.80 Å². The Morgan fingerprint density at radius 3 is 2.63 bits per heavy atom. The number of nitrogens with zero attached hydrogens (tertiary/aromatic N) is 2. The molecule has 1 saturated carbocycles. The lowest BCUT2D eigenvalue weighted by Crippen LogP contribution is -2.56. The van der Waals surface area contributed by atoms with E-state index in [4.69, 9.17) is 4.74 Å². The van der Waals surface area contributed by atoms with E-state index in [9.17, 15) is 9.90 Å². The Labute approximate surface area is 161 Å². The van der Waals surface area contributed by atoms with E-state index in [1.54, 1.807) is 0 Å². The van der Waals surface area contributed by atoms with Crippen LogP contribution in [0.4, 0.5) is 10.5 Å². The highest BCUT2D eigenvalue weighted by molar-refractivity contribution is 5.91. The Morgan fingerprint density at radius 1 is 1.22 bits per heavy atom. The number of urea groups is 1. The van der Waals surface area contributed by atoms with Gasteiger partial charge in [-0.05, 0) is 37.5 Å². The lowest BCUT2D eigenvalue weighted by molar-refractivity contribution is 0.00275. The van der Waals surface area contributed by atoms with Gasteiger partial charge in [0.25, 0.3) is 0 Å². The fraction of sp³-hybridized carbons (Fsp3) is 0.571. The van der Waals surface area contributed by atoms with E-state index in [0.29, 0.717) is 31.1 Å². The third kappa shape index (κ3) is 5.23. The Kier molecular flexibility index (Phi) is 6.74. The zero-order valence-electron chi connectivity index (χ0n) is 16.2. The molecule has 3 rings (SSSR count). The summed E-state index contributed by atoms with van der Waals surface area (Å²) in [4.78, 5) is 16.9. The molecule has 1 saturated heterocycles. The summed E-state index contributed by atoms with van der Waals surface area (Å²) in [6, 6.07) is 7.61. The molecule has 1 aliphatic carbocycles. The van der Waals surface area contributed by atoms with Gasteiger partial charge < -0.3 is 20.1 Å². The quantitative estimate of drug-likeness (QED) is 0.779. The third-order valence-electron chi connectivity index (χ3n) is 5.37. The Hall–Kier alpha value is -2.05. The van der Waals surface area contributed by atoms with Gasteiger partial charge in [-0.25, -0.2) is 4.79 Å². The van der Waals surface area contributed by atoms with E-state index in [1.165, 1.54) is 6.42 Å². The van der Waals surface area contributed by atoms with Gasteiger partial charge in [-0.15, -0.1) is 0 Å². The maximum Gasteiger partial charge on any atom is 0.322 e. The first kappa shape index (κ1) is 19.7. The number of benzene rings is 1. The summed E-state index contributed by atoms with van der Waals surface area (Å²) in [6.45, 7) is 9.13. The number of para-hydroxylation sites is 2. The van der Waals surface area contributed by atoms with Crippen molar-refractivity contribution in [1.29, 1.82) is 0 Å². The molecular formula is C21H31N3O3. The molecule has 148 valence electrons. The number of ether oxygens (including phenoxy) is 1. The lowest BCUT2D eigenvalue weighted by atomic mass is 9.91. The fourth-order valence-electron chi connectivity index (χ4n) is 3.87. The van der Waals surface area contributed by atoms with Crippen LogP contribution in [0.5, 0.6) is 5.75 Å². The number of hydrogen-bond acceptors (Lipinski definition) is 4. The molecular weight excluding hydrogens is 342 g/mol. The number of carbonyl (C=O) groups is 1. The smallest absolute Gasteiger partial charge is 0.322 e. The summed E-state index contributed by atoms with van der Waals surface area (Å²) < 4.78 is 5.73. The third-order valence-corrected chi connectivity index (χ3v) is 5.37. The lowest BCUT2D eigenvalue weighted by Gasteiger charge is -2.42. The van der Waals surface area contributed by atoms with Gasteiger partial charge >= 0.3 is 6.03 Å². The van der Waals surface area contributed by atoms with Crippen molar-refractivity contribution in [3.05, 3.63) is 36.4 Å². The molecule has 0 aromatic heterocycles. The van der Waals surface area contributed by atoms with Gasteiger partial charge in [0.05, 0.1) is 11.8 Å². The highest BCUT2D eigenvalue weighted by Crippen LogP contribution is 2.26. The van der Waals surface area contributed by atoms with E-state index in [-0.39, 0.29) is 18.2 Å². The van der Waals surface area contributed by atoms with Crippen LogP contribution in [0.3, 0.4) is 0 Å². The van der Waals surface area contributed by atoms with Crippen LogP contribution < -0.4 is 10.1 Å². The summed E-state index contributed by atoms with van der Waals surface area (Å²) in [7, 11) is 0. The first-order valence-corrected chi connectivity index (χ1v) is 9.89. The summed E-state index contributed by atoms with van der Waals surface area (Å²) >= 11 is 0. The molecule has 2 amide bonds. The second-order valence-corrected chi connectivity index (χ2v) is 7.61.